The van der Waals surface area contributed by atoms with Gasteiger partial charge in [-0.3, -0.25) is 4.79 Å². The Bertz CT molecular complexity index is 887. The van der Waals surface area contributed by atoms with E-state index >= 15 is 0 Å². The number of aromatic nitrogens is 1. The van der Waals surface area contributed by atoms with Gasteiger partial charge in [0.05, 0.1) is 18.7 Å². The van der Waals surface area contributed by atoms with Crippen molar-refractivity contribution in [2.24, 2.45) is 0 Å². The summed E-state index contributed by atoms with van der Waals surface area (Å²) in [5, 5.41) is 3.89. The zero-order valence-corrected chi connectivity index (χ0v) is 15.0. The first-order valence-corrected chi connectivity index (χ1v) is 8.88. The molecule has 1 aromatic heterocycles. The van der Waals surface area contributed by atoms with E-state index in [1.807, 2.05) is 19.1 Å². The number of aryl methyl sites for hydroxylation is 2. The van der Waals surface area contributed by atoms with E-state index in [9.17, 15) is 9.18 Å². The van der Waals surface area contributed by atoms with E-state index in [1.54, 1.807) is 23.5 Å². The molecule has 25 heavy (non-hydrogen) atoms. The summed E-state index contributed by atoms with van der Waals surface area (Å²) in [6.45, 7) is 4.48. The third-order valence-electron chi connectivity index (χ3n) is 3.99. The van der Waals surface area contributed by atoms with Gasteiger partial charge in [0.1, 0.15) is 10.8 Å². The highest BCUT2D eigenvalue weighted by Gasteiger charge is 2.12. The average molecular weight is 354 g/mol. The molecular formula is C20H19FN2OS. The highest BCUT2D eigenvalue weighted by Crippen LogP contribution is 2.29. The molecule has 3 nitrogen and oxygen atoms in total. The minimum atomic E-state index is -0.298. The van der Waals surface area contributed by atoms with E-state index in [1.165, 1.54) is 17.7 Å². The molecular weight excluding hydrogens is 335 g/mol. The fraction of sp³-hybridized carbons (Fsp3) is 0.200. The molecule has 2 aromatic carbocycles. The lowest BCUT2D eigenvalue weighted by Gasteiger charge is -2.04. The van der Waals surface area contributed by atoms with Crippen LogP contribution in [-0.4, -0.2) is 10.9 Å². The van der Waals surface area contributed by atoms with E-state index in [-0.39, 0.29) is 18.1 Å². The molecule has 3 rings (SSSR count). The second-order valence-electron chi connectivity index (χ2n) is 5.92. The van der Waals surface area contributed by atoms with Crippen LogP contribution in [0.5, 0.6) is 0 Å². The normalized spacial score (nSPS) is 10.7. The molecule has 3 aromatic rings. The highest BCUT2D eigenvalue weighted by atomic mass is 32.1. The van der Waals surface area contributed by atoms with Gasteiger partial charge in [-0.1, -0.05) is 36.4 Å². The van der Waals surface area contributed by atoms with Gasteiger partial charge in [-0.05, 0) is 37.1 Å². The average Bonchev–Trinajstić information content (AvgIpc) is 2.96. The zero-order valence-electron chi connectivity index (χ0n) is 14.2. The number of amides is 1. The van der Waals surface area contributed by atoms with Gasteiger partial charge >= 0.3 is 0 Å². The van der Waals surface area contributed by atoms with Gasteiger partial charge in [0, 0.05) is 10.4 Å². The van der Waals surface area contributed by atoms with Crippen LogP contribution in [0.3, 0.4) is 0 Å². The summed E-state index contributed by atoms with van der Waals surface area (Å²) >= 11 is 1.60. The SMILES string of the molecule is Cc1ccccc1-c1nc(C)c(CNC(=O)Cc2ccc(F)cc2)s1. The molecule has 5 heteroatoms. The van der Waals surface area contributed by atoms with E-state index in [0.717, 1.165) is 26.7 Å². The van der Waals surface area contributed by atoms with E-state index < -0.39 is 0 Å². The molecule has 0 unspecified atom stereocenters. The van der Waals surface area contributed by atoms with Crippen molar-refractivity contribution in [2.45, 2.75) is 26.8 Å². The molecule has 0 fully saturated rings. The van der Waals surface area contributed by atoms with Crippen molar-refractivity contribution in [1.29, 1.82) is 0 Å². The molecule has 0 spiro atoms. The monoisotopic (exact) mass is 354 g/mol. The summed E-state index contributed by atoms with van der Waals surface area (Å²) in [6, 6.07) is 14.1. The van der Waals surface area contributed by atoms with Crippen molar-refractivity contribution in [1.82, 2.24) is 10.3 Å². The Morgan fingerprint density at radius 2 is 1.84 bits per heavy atom. The molecule has 128 valence electrons. The standard InChI is InChI=1S/C20H19FN2OS/c1-13-5-3-4-6-17(13)20-23-14(2)18(25-20)12-22-19(24)11-15-7-9-16(21)10-8-15/h3-10H,11-12H2,1-2H3,(H,22,24). The van der Waals surface area contributed by atoms with Crippen LogP contribution >= 0.6 is 11.3 Å². The lowest BCUT2D eigenvalue weighted by molar-refractivity contribution is -0.120. The topological polar surface area (TPSA) is 42.0 Å². The number of hydrogen-bond donors (Lipinski definition) is 1. The van der Waals surface area contributed by atoms with Crippen LogP contribution < -0.4 is 5.32 Å². The van der Waals surface area contributed by atoms with E-state index in [4.69, 9.17) is 0 Å². The Kier molecular flexibility index (Phi) is 5.24. The van der Waals surface area contributed by atoms with E-state index in [2.05, 4.69) is 29.4 Å². The number of benzene rings is 2. The Morgan fingerprint density at radius 1 is 1.12 bits per heavy atom. The largest absolute Gasteiger partial charge is 0.351 e. The summed E-state index contributed by atoms with van der Waals surface area (Å²) in [5.41, 5.74) is 4.04. The summed E-state index contributed by atoms with van der Waals surface area (Å²) in [7, 11) is 0. The van der Waals surface area contributed by atoms with Crippen molar-refractivity contribution >= 4 is 17.2 Å². The molecule has 1 amide bonds. The van der Waals surface area contributed by atoms with Crippen molar-refractivity contribution in [3.63, 3.8) is 0 Å². The van der Waals surface area contributed by atoms with Crippen LogP contribution in [0.2, 0.25) is 0 Å². The molecule has 0 aliphatic carbocycles. The van der Waals surface area contributed by atoms with Gasteiger partial charge in [-0.2, -0.15) is 0 Å². The van der Waals surface area contributed by atoms with Crippen LogP contribution in [0.25, 0.3) is 10.6 Å². The van der Waals surface area contributed by atoms with Crippen LogP contribution in [0.1, 0.15) is 21.7 Å². The summed E-state index contributed by atoms with van der Waals surface area (Å²) in [4.78, 5) is 17.8. The molecule has 0 saturated heterocycles. The molecule has 0 aliphatic rings. The van der Waals surface area contributed by atoms with Gasteiger partial charge in [-0.15, -0.1) is 11.3 Å². The maximum Gasteiger partial charge on any atom is 0.224 e. The molecule has 1 N–H and O–H groups in total. The predicted molar refractivity (Wildman–Crippen MR) is 99.0 cm³/mol. The third kappa shape index (κ3) is 4.31. The maximum absolute atomic E-state index is 12.9. The first kappa shape index (κ1) is 17.3. The number of nitrogens with zero attached hydrogens (tertiary/aromatic N) is 1. The molecule has 1 heterocycles. The van der Waals surface area contributed by atoms with Crippen LogP contribution in [-0.2, 0) is 17.8 Å². The van der Waals surface area contributed by atoms with Crippen LogP contribution in [0.4, 0.5) is 4.39 Å². The number of carbonyl (C=O) groups excluding carboxylic acids is 1. The Hall–Kier alpha value is -2.53. The second kappa shape index (κ2) is 7.57. The number of carbonyl (C=O) groups is 1. The Balaban J connectivity index is 1.64. The highest BCUT2D eigenvalue weighted by molar-refractivity contribution is 7.15. The summed E-state index contributed by atoms with van der Waals surface area (Å²) in [5.74, 6) is -0.384. The van der Waals surface area contributed by atoms with Crippen molar-refractivity contribution < 1.29 is 9.18 Å². The van der Waals surface area contributed by atoms with Crippen LogP contribution in [0, 0.1) is 19.7 Å². The summed E-state index contributed by atoms with van der Waals surface area (Å²) in [6.07, 6.45) is 0.239. The molecule has 0 saturated carbocycles. The van der Waals surface area contributed by atoms with Crippen molar-refractivity contribution in [3.8, 4) is 10.6 Å². The number of hydrogen-bond acceptors (Lipinski definition) is 3. The molecule has 0 bridgehead atoms. The number of halogens is 1. The Morgan fingerprint density at radius 3 is 2.56 bits per heavy atom. The van der Waals surface area contributed by atoms with Gasteiger partial charge < -0.3 is 5.32 Å². The maximum atomic E-state index is 12.9. The molecule has 0 radical (unpaired) electrons. The fourth-order valence-corrected chi connectivity index (χ4v) is 3.64. The number of thiazole rings is 1. The van der Waals surface area contributed by atoms with Crippen molar-refractivity contribution in [3.05, 3.63) is 76.0 Å². The number of nitrogens with one attached hydrogen (secondary N) is 1. The third-order valence-corrected chi connectivity index (χ3v) is 5.18. The molecule has 0 atom stereocenters. The smallest absolute Gasteiger partial charge is 0.224 e. The fourth-order valence-electron chi connectivity index (χ4n) is 2.55. The first-order valence-electron chi connectivity index (χ1n) is 8.06. The van der Waals surface area contributed by atoms with Gasteiger partial charge in [0.15, 0.2) is 0 Å². The summed E-state index contributed by atoms with van der Waals surface area (Å²) < 4.78 is 12.9. The van der Waals surface area contributed by atoms with Crippen LogP contribution in [0.15, 0.2) is 48.5 Å². The first-order chi connectivity index (χ1) is 12.0. The lowest BCUT2D eigenvalue weighted by Crippen LogP contribution is -2.24. The zero-order chi connectivity index (χ0) is 17.8. The number of rotatable bonds is 5. The predicted octanol–water partition coefficient (Wildman–Crippen LogP) is 4.42. The lowest BCUT2D eigenvalue weighted by atomic mass is 10.1. The van der Waals surface area contributed by atoms with Gasteiger partial charge in [0.25, 0.3) is 0 Å². The van der Waals surface area contributed by atoms with Gasteiger partial charge in [-0.25, -0.2) is 9.37 Å². The van der Waals surface area contributed by atoms with Gasteiger partial charge in [0.2, 0.25) is 5.91 Å². The molecule has 0 aliphatic heterocycles. The minimum Gasteiger partial charge on any atom is -0.351 e. The minimum absolute atomic E-state index is 0.0863. The second-order valence-corrected chi connectivity index (χ2v) is 7.01. The van der Waals surface area contributed by atoms with E-state index in [0.29, 0.717) is 6.54 Å². The van der Waals surface area contributed by atoms with Crippen molar-refractivity contribution in [2.75, 3.05) is 0 Å². The quantitative estimate of drug-likeness (QED) is 0.737. The Labute approximate surface area is 150 Å².